The van der Waals surface area contributed by atoms with Crippen LogP contribution in [0.2, 0.25) is 10.0 Å². The van der Waals surface area contributed by atoms with Crippen molar-refractivity contribution in [3.05, 3.63) is 58.1 Å². The van der Waals surface area contributed by atoms with Gasteiger partial charge in [0.05, 0.1) is 28.5 Å². The van der Waals surface area contributed by atoms with E-state index in [0.29, 0.717) is 19.6 Å². The van der Waals surface area contributed by atoms with Crippen LogP contribution in [0.3, 0.4) is 0 Å². The Morgan fingerprint density at radius 3 is 2.38 bits per heavy atom. The molecule has 2 aromatic carbocycles. The summed E-state index contributed by atoms with van der Waals surface area (Å²) in [5.41, 5.74) is 1.25. The summed E-state index contributed by atoms with van der Waals surface area (Å²) in [6, 6.07) is 12.4. The third-order valence-corrected chi connectivity index (χ3v) is 5.90. The van der Waals surface area contributed by atoms with Gasteiger partial charge in [0.1, 0.15) is 12.4 Å². The van der Waals surface area contributed by atoms with Crippen molar-refractivity contribution in [1.82, 2.24) is 5.32 Å². The summed E-state index contributed by atoms with van der Waals surface area (Å²) in [5, 5.41) is 3.24. The van der Waals surface area contributed by atoms with Gasteiger partial charge < -0.3 is 10.1 Å². The van der Waals surface area contributed by atoms with E-state index in [9.17, 15) is 13.2 Å². The van der Waals surface area contributed by atoms with E-state index in [4.69, 9.17) is 27.9 Å². The van der Waals surface area contributed by atoms with Crippen LogP contribution in [0.15, 0.2) is 42.5 Å². The van der Waals surface area contributed by atoms with Crippen molar-refractivity contribution < 1.29 is 17.9 Å². The Kier molecular flexibility index (Phi) is 8.61. The molecule has 0 spiro atoms. The Labute approximate surface area is 181 Å². The molecule has 0 saturated heterocycles. The first-order valence-electron chi connectivity index (χ1n) is 9.07. The number of sulfonamides is 1. The Morgan fingerprint density at radius 2 is 1.76 bits per heavy atom. The monoisotopic (exact) mass is 458 g/mol. The highest BCUT2D eigenvalue weighted by molar-refractivity contribution is 7.92. The van der Waals surface area contributed by atoms with Crippen molar-refractivity contribution in [2.75, 3.05) is 30.3 Å². The van der Waals surface area contributed by atoms with E-state index in [2.05, 4.69) is 5.32 Å². The second-order valence-corrected chi connectivity index (χ2v) is 9.19. The lowest BCUT2D eigenvalue weighted by Crippen LogP contribution is -2.33. The van der Waals surface area contributed by atoms with Crippen LogP contribution in [0.4, 0.5) is 5.69 Å². The molecular weight excluding hydrogens is 435 g/mol. The van der Waals surface area contributed by atoms with Gasteiger partial charge in [0.15, 0.2) is 0 Å². The third-order valence-electron chi connectivity index (χ3n) is 4.13. The zero-order chi connectivity index (χ0) is 21.4. The lowest BCUT2D eigenvalue weighted by Gasteiger charge is -2.24. The quantitative estimate of drug-likeness (QED) is 0.544. The average molecular weight is 459 g/mol. The van der Waals surface area contributed by atoms with Gasteiger partial charge in [-0.2, -0.15) is 0 Å². The fourth-order valence-corrected chi connectivity index (χ4v) is 4.40. The number of rotatable bonds is 10. The lowest BCUT2D eigenvalue weighted by molar-refractivity contribution is -0.121. The molecule has 9 heteroatoms. The minimum absolute atomic E-state index is 0.0927. The summed E-state index contributed by atoms with van der Waals surface area (Å²) >= 11 is 12.3. The van der Waals surface area contributed by atoms with Crippen molar-refractivity contribution in [3.8, 4) is 5.75 Å². The van der Waals surface area contributed by atoms with Crippen LogP contribution < -0.4 is 14.4 Å². The van der Waals surface area contributed by atoms with E-state index in [1.807, 2.05) is 31.2 Å². The molecule has 0 heterocycles. The van der Waals surface area contributed by atoms with Crippen molar-refractivity contribution in [1.29, 1.82) is 0 Å². The normalized spacial score (nSPS) is 11.2. The number of nitrogens with one attached hydrogen (secondary N) is 1. The summed E-state index contributed by atoms with van der Waals surface area (Å²) in [6.45, 7) is 2.75. The first-order chi connectivity index (χ1) is 13.7. The SMILES string of the molecule is Cc1ccccc1OCCNC(=O)CCCN(c1c(Cl)cccc1Cl)S(C)(=O)=O. The maximum Gasteiger partial charge on any atom is 0.232 e. The number of benzene rings is 2. The van der Waals surface area contributed by atoms with Crippen molar-refractivity contribution in [2.45, 2.75) is 19.8 Å². The topological polar surface area (TPSA) is 75.7 Å². The summed E-state index contributed by atoms with van der Waals surface area (Å²) in [5.74, 6) is 0.597. The molecule has 6 nitrogen and oxygen atoms in total. The summed E-state index contributed by atoms with van der Waals surface area (Å²) in [6.07, 6.45) is 1.56. The Balaban J connectivity index is 1.82. The molecule has 0 unspecified atom stereocenters. The number of ether oxygens (including phenoxy) is 1. The number of carbonyl (C=O) groups excluding carboxylic acids is 1. The zero-order valence-electron chi connectivity index (χ0n) is 16.3. The third kappa shape index (κ3) is 7.10. The van der Waals surface area contributed by atoms with Crippen LogP contribution in [0.5, 0.6) is 5.75 Å². The van der Waals surface area contributed by atoms with Crippen LogP contribution >= 0.6 is 23.2 Å². The second-order valence-electron chi connectivity index (χ2n) is 6.47. The molecule has 2 rings (SSSR count). The first-order valence-corrected chi connectivity index (χ1v) is 11.7. The van der Waals surface area contributed by atoms with Crippen LogP contribution in [0, 0.1) is 6.92 Å². The number of hydrogen-bond acceptors (Lipinski definition) is 4. The molecule has 0 radical (unpaired) electrons. The minimum atomic E-state index is -3.60. The zero-order valence-corrected chi connectivity index (χ0v) is 18.6. The van der Waals surface area contributed by atoms with E-state index in [-0.39, 0.29) is 34.6 Å². The average Bonchev–Trinajstić information content (AvgIpc) is 2.64. The molecule has 0 fully saturated rings. The predicted molar refractivity (Wildman–Crippen MR) is 118 cm³/mol. The van der Waals surface area contributed by atoms with Crippen molar-refractivity contribution in [3.63, 3.8) is 0 Å². The maximum atomic E-state index is 12.2. The summed E-state index contributed by atoms with van der Waals surface area (Å²) < 4.78 is 31.1. The molecule has 0 bridgehead atoms. The van der Waals surface area contributed by atoms with E-state index in [0.717, 1.165) is 21.9 Å². The number of para-hydroxylation sites is 2. The molecule has 0 atom stereocenters. The maximum absolute atomic E-state index is 12.2. The van der Waals surface area contributed by atoms with Gasteiger partial charge in [0.2, 0.25) is 15.9 Å². The van der Waals surface area contributed by atoms with Gasteiger partial charge >= 0.3 is 0 Å². The molecule has 0 aliphatic rings. The first kappa shape index (κ1) is 23.3. The summed E-state index contributed by atoms with van der Waals surface area (Å²) in [7, 11) is -3.60. The van der Waals surface area contributed by atoms with Crippen LogP contribution in [-0.2, 0) is 14.8 Å². The largest absolute Gasteiger partial charge is 0.491 e. The smallest absolute Gasteiger partial charge is 0.232 e. The van der Waals surface area contributed by atoms with Gasteiger partial charge in [-0.05, 0) is 37.1 Å². The molecular formula is C20H24Cl2N2O4S. The molecule has 0 aliphatic heterocycles. The molecule has 158 valence electrons. The van der Waals surface area contributed by atoms with Gasteiger partial charge in [-0.15, -0.1) is 0 Å². The highest BCUT2D eigenvalue weighted by atomic mass is 35.5. The molecule has 29 heavy (non-hydrogen) atoms. The number of amides is 1. The Hall–Kier alpha value is -1.96. The van der Waals surface area contributed by atoms with E-state index < -0.39 is 10.0 Å². The van der Waals surface area contributed by atoms with Gasteiger partial charge in [0, 0.05) is 13.0 Å². The van der Waals surface area contributed by atoms with E-state index >= 15 is 0 Å². The molecule has 0 aliphatic carbocycles. The van der Waals surface area contributed by atoms with E-state index in [1.54, 1.807) is 18.2 Å². The predicted octanol–water partition coefficient (Wildman–Crippen LogP) is 4.04. The Morgan fingerprint density at radius 1 is 1.10 bits per heavy atom. The number of carbonyl (C=O) groups is 1. The van der Waals surface area contributed by atoms with Gasteiger partial charge in [0.25, 0.3) is 0 Å². The lowest BCUT2D eigenvalue weighted by atomic mass is 10.2. The van der Waals surface area contributed by atoms with Crippen molar-refractivity contribution in [2.24, 2.45) is 0 Å². The highest BCUT2D eigenvalue weighted by Gasteiger charge is 2.22. The van der Waals surface area contributed by atoms with Crippen LogP contribution in [-0.4, -0.2) is 40.3 Å². The number of aryl methyl sites for hydroxylation is 1. The summed E-state index contributed by atoms with van der Waals surface area (Å²) in [4.78, 5) is 12.0. The molecule has 0 aromatic heterocycles. The number of halogens is 2. The highest BCUT2D eigenvalue weighted by Crippen LogP contribution is 2.35. The fourth-order valence-electron chi connectivity index (χ4n) is 2.71. The van der Waals surface area contributed by atoms with Gasteiger partial charge in [-0.3, -0.25) is 9.10 Å². The number of anilines is 1. The second kappa shape index (κ2) is 10.7. The molecule has 2 aromatic rings. The molecule has 0 saturated carbocycles. The van der Waals surface area contributed by atoms with Crippen LogP contribution in [0.1, 0.15) is 18.4 Å². The van der Waals surface area contributed by atoms with Gasteiger partial charge in [-0.25, -0.2) is 8.42 Å². The molecule has 1 N–H and O–H groups in total. The van der Waals surface area contributed by atoms with E-state index in [1.165, 1.54) is 0 Å². The molecule has 1 amide bonds. The standard InChI is InChI=1S/C20H24Cl2N2O4S/c1-15-7-3-4-10-18(15)28-14-12-23-19(25)11-6-13-24(29(2,26)27)20-16(21)8-5-9-17(20)22/h3-5,7-10H,6,11-14H2,1-2H3,(H,23,25). The number of nitrogens with zero attached hydrogens (tertiary/aromatic N) is 1. The Bertz CT molecular complexity index is 931. The minimum Gasteiger partial charge on any atom is -0.491 e. The number of hydrogen-bond donors (Lipinski definition) is 1. The van der Waals surface area contributed by atoms with Crippen LogP contribution in [0.25, 0.3) is 0 Å². The van der Waals surface area contributed by atoms with Gasteiger partial charge in [-0.1, -0.05) is 47.5 Å². The fraction of sp³-hybridized carbons (Fsp3) is 0.350. The van der Waals surface area contributed by atoms with Crippen molar-refractivity contribution >= 4 is 44.8 Å².